The molecule has 2 aromatic heterocycles. The molecule has 0 saturated carbocycles. The topological polar surface area (TPSA) is 71.0 Å². The summed E-state index contributed by atoms with van der Waals surface area (Å²) < 4.78 is 1.69. The Hall–Kier alpha value is -2.89. The quantitative estimate of drug-likeness (QED) is 0.789. The van der Waals surface area contributed by atoms with E-state index in [0.29, 0.717) is 18.0 Å². The summed E-state index contributed by atoms with van der Waals surface area (Å²) in [6, 6.07) is 7.78. The molecule has 0 spiro atoms. The van der Waals surface area contributed by atoms with Crippen LogP contribution in [0.4, 0.5) is 0 Å². The highest BCUT2D eigenvalue weighted by atomic mass is 16.2. The van der Waals surface area contributed by atoms with Crippen LogP contribution in [0.2, 0.25) is 0 Å². The van der Waals surface area contributed by atoms with Gasteiger partial charge in [-0.15, -0.1) is 0 Å². The summed E-state index contributed by atoms with van der Waals surface area (Å²) in [5, 5.41) is 1.11. The van der Waals surface area contributed by atoms with Gasteiger partial charge in [0.1, 0.15) is 0 Å². The molecule has 4 rings (SSSR count). The van der Waals surface area contributed by atoms with Gasteiger partial charge in [0.15, 0.2) is 0 Å². The molecule has 0 radical (unpaired) electrons. The lowest BCUT2D eigenvalue weighted by Crippen LogP contribution is -2.40. The molecule has 0 atom stereocenters. The normalized spacial score (nSPS) is 15.5. The largest absolute Gasteiger partial charge is 0.361 e. The van der Waals surface area contributed by atoms with Gasteiger partial charge in [-0.05, 0) is 49.3 Å². The van der Waals surface area contributed by atoms with Crippen molar-refractivity contribution in [3.05, 3.63) is 64.5 Å². The SMILES string of the molecule is Cc1cncn(CC2CCN(C(=O)c3ccc4cc[nH]c4c3)CC2)c1=O. The number of nitrogens with one attached hydrogen (secondary N) is 1. The van der Waals surface area contributed by atoms with Crippen molar-refractivity contribution < 1.29 is 4.79 Å². The van der Waals surface area contributed by atoms with Crippen molar-refractivity contribution in [2.75, 3.05) is 13.1 Å². The van der Waals surface area contributed by atoms with Crippen molar-refractivity contribution in [2.45, 2.75) is 26.3 Å². The van der Waals surface area contributed by atoms with Gasteiger partial charge in [0.25, 0.3) is 11.5 Å². The van der Waals surface area contributed by atoms with Crippen LogP contribution in [-0.2, 0) is 6.54 Å². The van der Waals surface area contributed by atoms with Crippen LogP contribution in [0.25, 0.3) is 10.9 Å². The number of hydrogen-bond acceptors (Lipinski definition) is 3. The number of hydrogen-bond donors (Lipinski definition) is 1. The molecule has 1 fully saturated rings. The van der Waals surface area contributed by atoms with E-state index >= 15 is 0 Å². The van der Waals surface area contributed by atoms with Crippen LogP contribution in [0.1, 0.15) is 28.8 Å². The van der Waals surface area contributed by atoms with E-state index in [-0.39, 0.29) is 11.5 Å². The molecule has 0 aliphatic carbocycles. The lowest BCUT2D eigenvalue weighted by molar-refractivity contribution is 0.0682. The lowest BCUT2D eigenvalue weighted by Gasteiger charge is -2.32. The summed E-state index contributed by atoms with van der Waals surface area (Å²) in [5.74, 6) is 0.473. The summed E-state index contributed by atoms with van der Waals surface area (Å²) in [4.78, 5) is 34.1. The Bertz CT molecular complexity index is 996. The molecule has 0 bridgehead atoms. The number of nitrogens with zero attached hydrogens (tertiary/aromatic N) is 3. The first-order chi connectivity index (χ1) is 12.6. The van der Waals surface area contributed by atoms with Gasteiger partial charge in [-0.1, -0.05) is 6.07 Å². The van der Waals surface area contributed by atoms with E-state index in [4.69, 9.17) is 0 Å². The second-order valence-corrected chi connectivity index (χ2v) is 7.05. The van der Waals surface area contributed by atoms with E-state index in [1.54, 1.807) is 24.0 Å². The van der Waals surface area contributed by atoms with Crippen molar-refractivity contribution >= 4 is 16.8 Å². The number of benzene rings is 1. The van der Waals surface area contributed by atoms with Crippen LogP contribution in [0.3, 0.4) is 0 Å². The molecular weight excluding hydrogens is 328 g/mol. The van der Waals surface area contributed by atoms with Gasteiger partial charge in [-0.25, -0.2) is 4.98 Å². The van der Waals surface area contributed by atoms with Gasteiger partial charge >= 0.3 is 0 Å². The number of aromatic amines is 1. The highest BCUT2D eigenvalue weighted by molar-refractivity contribution is 5.97. The fraction of sp³-hybridized carbons (Fsp3) is 0.350. The molecule has 134 valence electrons. The number of rotatable bonds is 3. The van der Waals surface area contributed by atoms with Gasteiger partial charge in [-0.3, -0.25) is 14.2 Å². The smallest absolute Gasteiger partial charge is 0.256 e. The van der Waals surface area contributed by atoms with E-state index in [1.807, 2.05) is 35.4 Å². The Labute approximate surface area is 151 Å². The number of amides is 1. The lowest BCUT2D eigenvalue weighted by atomic mass is 9.96. The predicted octanol–water partition coefficient (Wildman–Crippen LogP) is 2.59. The maximum absolute atomic E-state index is 12.8. The molecule has 1 N–H and O–H groups in total. The van der Waals surface area contributed by atoms with E-state index in [9.17, 15) is 9.59 Å². The second kappa shape index (κ2) is 6.78. The average molecular weight is 350 g/mol. The third kappa shape index (κ3) is 3.14. The number of carbonyl (C=O) groups is 1. The van der Waals surface area contributed by atoms with Gasteiger partial charge < -0.3 is 9.88 Å². The molecule has 6 nitrogen and oxygen atoms in total. The minimum atomic E-state index is 0.0257. The van der Waals surface area contributed by atoms with E-state index in [0.717, 1.165) is 42.4 Å². The highest BCUT2D eigenvalue weighted by Gasteiger charge is 2.24. The minimum Gasteiger partial charge on any atom is -0.361 e. The van der Waals surface area contributed by atoms with E-state index < -0.39 is 0 Å². The third-order valence-electron chi connectivity index (χ3n) is 5.23. The first-order valence-electron chi connectivity index (χ1n) is 8.99. The number of aromatic nitrogens is 3. The zero-order valence-corrected chi connectivity index (χ0v) is 14.8. The molecule has 1 aromatic carbocycles. The molecule has 0 unspecified atom stereocenters. The van der Waals surface area contributed by atoms with Crippen molar-refractivity contribution in [2.24, 2.45) is 5.92 Å². The Balaban J connectivity index is 1.40. The molecule has 1 saturated heterocycles. The molecule has 6 heteroatoms. The van der Waals surface area contributed by atoms with Crippen LogP contribution in [-0.4, -0.2) is 38.4 Å². The molecule has 3 heterocycles. The van der Waals surface area contributed by atoms with Crippen molar-refractivity contribution in [3.63, 3.8) is 0 Å². The summed E-state index contributed by atoms with van der Waals surface area (Å²) in [7, 11) is 0. The van der Waals surface area contributed by atoms with Crippen LogP contribution in [0.5, 0.6) is 0 Å². The Kier molecular flexibility index (Phi) is 4.32. The molecule has 1 aliphatic heterocycles. The van der Waals surface area contributed by atoms with Gasteiger partial charge in [-0.2, -0.15) is 0 Å². The number of carbonyl (C=O) groups excluding carboxylic acids is 1. The summed E-state index contributed by atoms with van der Waals surface area (Å²) in [6.45, 7) is 3.90. The first kappa shape index (κ1) is 16.6. The van der Waals surface area contributed by atoms with Crippen LogP contribution in [0.15, 0.2) is 47.8 Å². The van der Waals surface area contributed by atoms with Gasteiger partial charge in [0, 0.05) is 48.7 Å². The van der Waals surface area contributed by atoms with Crippen LogP contribution in [0, 0.1) is 12.8 Å². The summed E-state index contributed by atoms with van der Waals surface area (Å²) in [6.07, 6.45) is 6.89. The summed E-state index contributed by atoms with van der Waals surface area (Å²) in [5.41, 5.74) is 2.40. The average Bonchev–Trinajstić information content (AvgIpc) is 3.13. The van der Waals surface area contributed by atoms with Crippen molar-refractivity contribution in [3.8, 4) is 0 Å². The Morgan fingerprint density at radius 1 is 1.27 bits per heavy atom. The third-order valence-corrected chi connectivity index (χ3v) is 5.23. The van der Waals surface area contributed by atoms with Crippen molar-refractivity contribution in [1.82, 2.24) is 19.4 Å². The maximum Gasteiger partial charge on any atom is 0.256 e. The van der Waals surface area contributed by atoms with Crippen molar-refractivity contribution in [1.29, 1.82) is 0 Å². The van der Waals surface area contributed by atoms with E-state index in [2.05, 4.69) is 9.97 Å². The molecule has 3 aromatic rings. The van der Waals surface area contributed by atoms with E-state index in [1.165, 1.54) is 0 Å². The number of likely N-dealkylation sites (tertiary alicyclic amines) is 1. The number of aryl methyl sites for hydroxylation is 1. The summed E-state index contributed by atoms with van der Waals surface area (Å²) >= 11 is 0. The second-order valence-electron chi connectivity index (χ2n) is 7.05. The minimum absolute atomic E-state index is 0.0257. The zero-order chi connectivity index (χ0) is 18.1. The monoisotopic (exact) mass is 350 g/mol. The Morgan fingerprint density at radius 2 is 2.08 bits per heavy atom. The molecular formula is C20H22N4O2. The number of H-pyrrole nitrogens is 1. The first-order valence-corrected chi connectivity index (χ1v) is 8.99. The van der Waals surface area contributed by atoms with Crippen LogP contribution < -0.4 is 5.56 Å². The predicted molar refractivity (Wildman–Crippen MR) is 100 cm³/mol. The fourth-order valence-corrected chi connectivity index (χ4v) is 3.65. The standard InChI is InChI=1S/C20H22N4O2/c1-14-11-21-13-24(19(14)25)12-15-5-8-23(9-6-15)20(26)17-3-2-16-4-7-22-18(16)10-17/h2-4,7,10-11,13,15,22H,5-6,8-9,12H2,1H3. The molecule has 26 heavy (non-hydrogen) atoms. The molecule has 1 aliphatic rings. The highest BCUT2D eigenvalue weighted by Crippen LogP contribution is 2.22. The van der Waals surface area contributed by atoms with Crippen LogP contribution >= 0.6 is 0 Å². The fourth-order valence-electron chi connectivity index (χ4n) is 3.65. The number of piperidine rings is 1. The zero-order valence-electron chi connectivity index (χ0n) is 14.8. The molecule has 1 amide bonds. The maximum atomic E-state index is 12.8. The number of fused-ring (bicyclic) bond motifs is 1. The Morgan fingerprint density at radius 3 is 2.88 bits per heavy atom. The van der Waals surface area contributed by atoms with Gasteiger partial charge in [0.05, 0.1) is 6.33 Å². The van der Waals surface area contributed by atoms with Gasteiger partial charge in [0.2, 0.25) is 0 Å².